The van der Waals surface area contributed by atoms with Crippen molar-refractivity contribution < 1.29 is 9.53 Å². The number of hydrogen-bond donors (Lipinski definition) is 0. The van der Waals surface area contributed by atoms with E-state index in [9.17, 15) is 4.79 Å². The zero-order valence-corrected chi connectivity index (χ0v) is 20.6. The number of carbonyl (C=O) groups excluding carboxylic acids is 1. The maximum Gasteiger partial charge on any atom is 0.235 e. The van der Waals surface area contributed by atoms with Crippen LogP contribution in [0.3, 0.4) is 0 Å². The molecule has 6 nitrogen and oxygen atoms in total. The number of para-hydroxylation sites is 1. The van der Waals surface area contributed by atoms with E-state index in [4.69, 9.17) is 4.74 Å². The first-order valence-electron chi connectivity index (χ1n) is 11.1. The molecule has 0 saturated heterocycles. The van der Waals surface area contributed by atoms with Crippen molar-refractivity contribution in [2.75, 3.05) is 14.2 Å². The summed E-state index contributed by atoms with van der Waals surface area (Å²) in [5.41, 5.74) is 4.02. The zero-order chi connectivity index (χ0) is 24.1. The number of aryl methyl sites for hydroxylation is 1. The van der Waals surface area contributed by atoms with Crippen molar-refractivity contribution >= 4 is 17.7 Å². The number of methoxy groups -OCH3 is 1. The number of thioether (sulfide) groups is 1. The minimum atomic E-state index is -0.340. The molecular weight excluding hydrogens is 444 g/mol. The molecular formula is C27H28N4O2S. The lowest BCUT2D eigenvalue weighted by atomic mass is 10.1. The van der Waals surface area contributed by atoms with Crippen molar-refractivity contribution in [1.82, 2.24) is 19.7 Å². The van der Waals surface area contributed by atoms with Crippen LogP contribution in [0.2, 0.25) is 0 Å². The van der Waals surface area contributed by atoms with Crippen LogP contribution in [-0.4, -0.2) is 45.0 Å². The van der Waals surface area contributed by atoms with Crippen LogP contribution >= 0.6 is 11.8 Å². The summed E-state index contributed by atoms with van der Waals surface area (Å²) in [5.74, 6) is 1.42. The lowest BCUT2D eigenvalue weighted by molar-refractivity contribution is -0.129. The molecule has 4 rings (SSSR count). The maximum atomic E-state index is 13.1. The minimum Gasteiger partial charge on any atom is -0.496 e. The molecule has 0 saturated carbocycles. The summed E-state index contributed by atoms with van der Waals surface area (Å²) in [6.07, 6.45) is 0. The van der Waals surface area contributed by atoms with Crippen LogP contribution in [0.5, 0.6) is 5.75 Å². The number of rotatable bonds is 8. The highest BCUT2D eigenvalue weighted by molar-refractivity contribution is 8.00. The van der Waals surface area contributed by atoms with Gasteiger partial charge in [0.15, 0.2) is 11.0 Å². The molecule has 4 aromatic rings. The molecule has 1 aromatic heterocycles. The quantitative estimate of drug-likeness (QED) is 0.322. The molecule has 7 heteroatoms. The number of ether oxygens (including phenoxy) is 1. The van der Waals surface area contributed by atoms with Crippen LogP contribution in [0.4, 0.5) is 0 Å². The van der Waals surface area contributed by atoms with Gasteiger partial charge < -0.3 is 9.64 Å². The highest BCUT2D eigenvalue weighted by atomic mass is 32.2. The van der Waals surface area contributed by atoms with Crippen LogP contribution in [0, 0.1) is 6.92 Å². The van der Waals surface area contributed by atoms with Gasteiger partial charge >= 0.3 is 0 Å². The predicted molar refractivity (Wildman–Crippen MR) is 136 cm³/mol. The Hall–Kier alpha value is -3.58. The summed E-state index contributed by atoms with van der Waals surface area (Å²) < 4.78 is 7.57. The Morgan fingerprint density at radius 3 is 2.38 bits per heavy atom. The van der Waals surface area contributed by atoms with Crippen molar-refractivity contribution in [3.63, 3.8) is 0 Å². The van der Waals surface area contributed by atoms with E-state index < -0.39 is 0 Å². The van der Waals surface area contributed by atoms with Crippen LogP contribution < -0.4 is 4.74 Å². The average molecular weight is 473 g/mol. The van der Waals surface area contributed by atoms with Crippen LogP contribution in [-0.2, 0) is 11.3 Å². The Kier molecular flexibility index (Phi) is 7.33. The highest BCUT2D eigenvalue weighted by Crippen LogP contribution is 2.34. The van der Waals surface area contributed by atoms with Gasteiger partial charge in [-0.05, 0) is 43.7 Å². The smallest absolute Gasteiger partial charge is 0.235 e. The predicted octanol–water partition coefficient (Wildman–Crippen LogP) is 5.39. The van der Waals surface area contributed by atoms with Gasteiger partial charge in [-0.3, -0.25) is 9.36 Å². The number of aromatic nitrogens is 3. The largest absolute Gasteiger partial charge is 0.496 e. The van der Waals surface area contributed by atoms with E-state index >= 15 is 0 Å². The number of hydrogen-bond acceptors (Lipinski definition) is 5. The standard InChI is InChI=1S/C27H28N4O2S/c1-19-14-16-22(17-15-19)31-25(23-12-8-9-13-24(23)33-4)28-29-27(31)34-20(2)26(32)30(3)18-21-10-6-5-7-11-21/h5-17,20H,18H2,1-4H3. The third-order valence-electron chi connectivity index (χ3n) is 5.54. The van der Waals surface area contributed by atoms with Gasteiger partial charge in [-0.25, -0.2) is 0 Å². The average Bonchev–Trinajstić information content (AvgIpc) is 3.27. The Balaban J connectivity index is 1.65. The van der Waals surface area contributed by atoms with Crippen LogP contribution in [0.15, 0.2) is 84.0 Å². The van der Waals surface area contributed by atoms with Crippen molar-refractivity contribution in [2.24, 2.45) is 0 Å². The first kappa shape index (κ1) is 23.6. The number of carbonyl (C=O) groups is 1. The Bertz CT molecular complexity index is 1260. The SMILES string of the molecule is COc1ccccc1-c1nnc(SC(C)C(=O)N(C)Cc2ccccc2)n1-c1ccc(C)cc1. The summed E-state index contributed by atoms with van der Waals surface area (Å²) in [7, 11) is 3.47. The molecule has 0 spiro atoms. The van der Waals surface area contributed by atoms with E-state index in [0.29, 0.717) is 23.3 Å². The molecule has 1 unspecified atom stereocenters. The number of nitrogens with zero attached hydrogens (tertiary/aromatic N) is 4. The van der Waals surface area contributed by atoms with Gasteiger partial charge in [0.25, 0.3) is 0 Å². The van der Waals surface area contributed by atoms with Gasteiger partial charge in [0.1, 0.15) is 5.75 Å². The first-order chi connectivity index (χ1) is 16.5. The van der Waals surface area contributed by atoms with Gasteiger partial charge in [0, 0.05) is 19.3 Å². The highest BCUT2D eigenvalue weighted by Gasteiger charge is 2.25. The van der Waals surface area contributed by atoms with E-state index in [1.807, 2.05) is 85.3 Å². The summed E-state index contributed by atoms with van der Waals surface area (Å²) >= 11 is 1.40. The molecule has 0 aliphatic rings. The van der Waals surface area contributed by atoms with Gasteiger partial charge in [-0.2, -0.15) is 0 Å². The van der Waals surface area contributed by atoms with E-state index in [2.05, 4.69) is 29.3 Å². The molecule has 174 valence electrons. The molecule has 0 N–H and O–H groups in total. The third kappa shape index (κ3) is 5.15. The number of amides is 1. The molecule has 0 aliphatic heterocycles. The molecule has 0 fully saturated rings. The fraction of sp³-hybridized carbons (Fsp3) is 0.222. The minimum absolute atomic E-state index is 0.0335. The van der Waals surface area contributed by atoms with Crippen LogP contribution in [0.25, 0.3) is 17.1 Å². The molecule has 34 heavy (non-hydrogen) atoms. The Morgan fingerprint density at radius 2 is 1.68 bits per heavy atom. The second-order valence-electron chi connectivity index (χ2n) is 8.12. The molecule has 3 aromatic carbocycles. The zero-order valence-electron chi connectivity index (χ0n) is 19.8. The second-order valence-corrected chi connectivity index (χ2v) is 9.43. The van der Waals surface area contributed by atoms with Crippen LogP contribution in [0.1, 0.15) is 18.1 Å². The van der Waals surface area contributed by atoms with Gasteiger partial charge in [-0.15, -0.1) is 10.2 Å². The Morgan fingerprint density at radius 1 is 1.00 bits per heavy atom. The van der Waals surface area contributed by atoms with E-state index in [1.165, 1.54) is 11.8 Å². The lowest BCUT2D eigenvalue weighted by Gasteiger charge is -2.21. The second kappa shape index (κ2) is 10.6. The van der Waals surface area contributed by atoms with Crippen molar-refractivity contribution in [3.05, 3.63) is 90.0 Å². The molecule has 0 aliphatic carbocycles. The third-order valence-corrected chi connectivity index (χ3v) is 6.57. The lowest BCUT2D eigenvalue weighted by Crippen LogP contribution is -2.32. The maximum absolute atomic E-state index is 13.1. The first-order valence-corrected chi connectivity index (χ1v) is 12.0. The molecule has 1 heterocycles. The fourth-order valence-electron chi connectivity index (χ4n) is 3.73. The van der Waals surface area contributed by atoms with Crippen molar-refractivity contribution in [1.29, 1.82) is 0 Å². The van der Waals surface area contributed by atoms with Gasteiger partial charge in [0.05, 0.1) is 17.9 Å². The molecule has 0 radical (unpaired) electrons. The normalized spacial score (nSPS) is 11.8. The summed E-state index contributed by atoms with van der Waals surface area (Å²) in [6.45, 7) is 4.52. The summed E-state index contributed by atoms with van der Waals surface area (Å²) in [6, 6.07) is 25.9. The van der Waals surface area contributed by atoms with E-state index in [0.717, 1.165) is 22.4 Å². The molecule has 0 bridgehead atoms. The topological polar surface area (TPSA) is 60.3 Å². The van der Waals surface area contributed by atoms with Crippen molar-refractivity contribution in [2.45, 2.75) is 30.8 Å². The van der Waals surface area contributed by atoms with E-state index in [1.54, 1.807) is 12.0 Å². The summed E-state index contributed by atoms with van der Waals surface area (Å²) in [4.78, 5) is 14.9. The monoisotopic (exact) mass is 472 g/mol. The Labute approximate surface area is 204 Å². The van der Waals surface area contributed by atoms with Gasteiger partial charge in [0.2, 0.25) is 5.91 Å². The molecule has 1 amide bonds. The van der Waals surface area contributed by atoms with Crippen molar-refractivity contribution in [3.8, 4) is 22.8 Å². The van der Waals surface area contributed by atoms with Gasteiger partial charge in [-0.1, -0.05) is 71.9 Å². The van der Waals surface area contributed by atoms with E-state index in [-0.39, 0.29) is 11.2 Å². The molecule has 1 atom stereocenters. The number of benzene rings is 3. The fourth-order valence-corrected chi connectivity index (χ4v) is 4.71. The summed E-state index contributed by atoms with van der Waals surface area (Å²) in [5, 5.41) is 9.30.